The number of nitrogens with two attached hydrogens (primary N) is 1. The molecule has 3 rings (SSSR count). The summed E-state index contributed by atoms with van der Waals surface area (Å²) in [6, 6.07) is 6.70. The molecule has 2 N–H and O–H groups in total. The maximum absolute atomic E-state index is 13.6. The van der Waals surface area contributed by atoms with Gasteiger partial charge in [-0.15, -0.1) is 0 Å². The van der Waals surface area contributed by atoms with Gasteiger partial charge in [-0.25, -0.2) is 14.4 Å². The van der Waals surface area contributed by atoms with Crippen LogP contribution in [0.2, 0.25) is 0 Å². The van der Waals surface area contributed by atoms with Gasteiger partial charge in [-0.3, -0.25) is 0 Å². The normalized spacial score (nSPS) is 14.8. The summed E-state index contributed by atoms with van der Waals surface area (Å²) in [5, 5.41) is 0. The van der Waals surface area contributed by atoms with Gasteiger partial charge in [-0.05, 0) is 31.4 Å². The summed E-state index contributed by atoms with van der Waals surface area (Å²) in [7, 11) is 0. The quantitative estimate of drug-likeness (QED) is 0.882. The molecule has 1 aromatic heterocycles. The Morgan fingerprint density at radius 2 is 2.06 bits per heavy atom. The molecule has 0 aliphatic heterocycles. The van der Waals surface area contributed by atoms with E-state index in [0.717, 1.165) is 24.2 Å². The molecule has 1 aliphatic carbocycles. The first kappa shape index (κ1) is 11.1. The average Bonchev–Trinajstić information content (AvgIpc) is 3.16. The molecule has 1 fully saturated rings. The van der Waals surface area contributed by atoms with Gasteiger partial charge in [-0.1, -0.05) is 12.1 Å². The standard InChI is InChI=1S/C14H14FN3/c1-8-10(3-2-4-11(8)15)12-7-13(16)18-14(17-12)9-5-6-9/h2-4,7,9H,5-6H2,1H3,(H2,16,17,18). The molecular weight excluding hydrogens is 229 g/mol. The van der Waals surface area contributed by atoms with Crippen molar-refractivity contribution in [1.82, 2.24) is 9.97 Å². The number of rotatable bonds is 2. The second kappa shape index (κ2) is 4.05. The van der Waals surface area contributed by atoms with Crippen molar-refractivity contribution in [3.63, 3.8) is 0 Å². The third-order valence-corrected chi connectivity index (χ3v) is 3.25. The molecule has 2 aromatic rings. The summed E-state index contributed by atoms with van der Waals surface area (Å²) < 4.78 is 13.6. The molecule has 0 bridgehead atoms. The Hall–Kier alpha value is -1.97. The van der Waals surface area contributed by atoms with Crippen molar-refractivity contribution in [3.8, 4) is 11.3 Å². The predicted molar refractivity (Wildman–Crippen MR) is 68.6 cm³/mol. The maximum Gasteiger partial charge on any atom is 0.134 e. The van der Waals surface area contributed by atoms with E-state index in [-0.39, 0.29) is 5.82 Å². The Bertz CT molecular complexity index is 606. The van der Waals surface area contributed by atoms with Gasteiger partial charge in [0.1, 0.15) is 17.5 Å². The van der Waals surface area contributed by atoms with Gasteiger partial charge in [0, 0.05) is 17.5 Å². The van der Waals surface area contributed by atoms with Crippen LogP contribution in [0.4, 0.5) is 10.2 Å². The Balaban J connectivity index is 2.13. The van der Waals surface area contributed by atoms with Gasteiger partial charge in [0.2, 0.25) is 0 Å². The molecule has 92 valence electrons. The van der Waals surface area contributed by atoms with E-state index in [4.69, 9.17) is 5.73 Å². The largest absolute Gasteiger partial charge is 0.384 e. The lowest BCUT2D eigenvalue weighted by molar-refractivity contribution is 0.619. The van der Waals surface area contributed by atoms with Crippen LogP contribution in [-0.2, 0) is 0 Å². The monoisotopic (exact) mass is 243 g/mol. The first-order valence-electron chi connectivity index (χ1n) is 6.05. The topological polar surface area (TPSA) is 51.8 Å². The van der Waals surface area contributed by atoms with Crippen LogP contribution in [0, 0.1) is 12.7 Å². The third kappa shape index (κ3) is 1.94. The van der Waals surface area contributed by atoms with Crippen molar-refractivity contribution >= 4 is 5.82 Å². The molecule has 1 aromatic carbocycles. The molecule has 0 atom stereocenters. The highest BCUT2D eigenvalue weighted by molar-refractivity contribution is 5.65. The average molecular weight is 243 g/mol. The molecule has 18 heavy (non-hydrogen) atoms. The van der Waals surface area contributed by atoms with Crippen LogP contribution in [0.1, 0.15) is 30.1 Å². The van der Waals surface area contributed by atoms with Crippen LogP contribution in [0.25, 0.3) is 11.3 Å². The number of halogens is 1. The highest BCUT2D eigenvalue weighted by atomic mass is 19.1. The molecule has 0 saturated heterocycles. The van der Waals surface area contributed by atoms with Gasteiger partial charge in [0.05, 0.1) is 5.69 Å². The molecule has 0 radical (unpaired) electrons. The zero-order valence-electron chi connectivity index (χ0n) is 10.2. The first-order chi connectivity index (χ1) is 8.65. The summed E-state index contributed by atoms with van der Waals surface area (Å²) in [5.74, 6) is 1.44. The Morgan fingerprint density at radius 3 is 2.78 bits per heavy atom. The van der Waals surface area contributed by atoms with Crippen molar-refractivity contribution in [1.29, 1.82) is 0 Å². The minimum atomic E-state index is -0.224. The van der Waals surface area contributed by atoms with E-state index < -0.39 is 0 Å². The molecule has 1 saturated carbocycles. The highest BCUT2D eigenvalue weighted by Gasteiger charge is 2.27. The predicted octanol–water partition coefficient (Wildman–Crippen LogP) is 3.05. The van der Waals surface area contributed by atoms with E-state index in [9.17, 15) is 4.39 Å². The van der Waals surface area contributed by atoms with E-state index in [1.165, 1.54) is 6.07 Å². The maximum atomic E-state index is 13.6. The van der Waals surface area contributed by atoms with Crippen molar-refractivity contribution in [2.75, 3.05) is 5.73 Å². The number of hydrogen-bond acceptors (Lipinski definition) is 3. The zero-order chi connectivity index (χ0) is 12.7. The summed E-state index contributed by atoms with van der Waals surface area (Å²) >= 11 is 0. The summed E-state index contributed by atoms with van der Waals surface area (Å²) in [4.78, 5) is 8.76. The summed E-state index contributed by atoms with van der Waals surface area (Å²) in [5.41, 5.74) is 7.89. The SMILES string of the molecule is Cc1c(F)cccc1-c1cc(N)nc(C2CC2)n1. The highest BCUT2D eigenvalue weighted by Crippen LogP contribution is 2.39. The molecule has 1 aliphatic rings. The number of nitrogen functional groups attached to an aromatic ring is 1. The lowest BCUT2D eigenvalue weighted by Crippen LogP contribution is -2.01. The lowest BCUT2D eigenvalue weighted by atomic mass is 10.0. The molecule has 0 unspecified atom stereocenters. The minimum absolute atomic E-state index is 0.224. The molecule has 0 amide bonds. The number of benzene rings is 1. The fraction of sp³-hybridized carbons (Fsp3) is 0.286. The fourth-order valence-electron chi connectivity index (χ4n) is 2.03. The van der Waals surface area contributed by atoms with Crippen LogP contribution in [-0.4, -0.2) is 9.97 Å². The molecule has 4 heteroatoms. The van der Waals surface area contributed by atoms with Crippen molar-refractivity contribution in [3.05, 3.63) is 41.5 Å². The molecule has 3 nitrogen and oxygen atoms in total. The summed E-state index contributed by atoms with van der Waals surface area (Å²) in [6.07, 6.45) is 2.23. The van der Waals surface area contributed by atoms with E-state index in [0.29, 0.717) is 23.0 Å². The van der Waals surface area contributed by atoms with Gasteiger partial charge in [-0.2, -0.15) is 0 Å². The number of anilines is 1. The first-order valence-corrected chi connectivity index (χ1v) is 6.05. The van der Waals surface area contributed by atoms with Crippen LogP contribution >= 0.6 is 0 Å². The minimum Gasteiger partial charge on any atom is -0.384 e. The van der Waals surface area contributed by atoms with Crippen molar-refractivity contribution in [2.45, 2.75) is 25.7 Å². The van der Waals surface area contributed by atoms with Crippen LogP contribution in [0.15, 0.2) is 24.3 Å². The molecule has 0 spiro atoms. The smallest absolute Gasteiger partial charge is 0.134 e. The lowest BCUT2D eigenvalue weighted by Gasteiger charge is -2.08. The van der Waals surface area contributed by atoms with Crippen LogP contribution in [0.5, 0.6) is 0 Å². The van der Waals surface area contributed by atoms with E-state index >= 15 is 0 Å². The van der Waals surface area contributed by atoms with Crippen LogP contribution < -0.4 is 5.73 Å². The van der Waals surface area contributed by atoms with Crippen molar-refractivity contribution in [2.24, 2.45) is 0 Å². The van der Waals surface area contributed by atoms with Gasteiger partial charge in [0.15, 0.2) is 0 Å². The molecular formula is C14H14FN3. The van der Waals surface area contributed by atoms with Crippen LogP contribution in [0.3, 0.4) is 0 Å². The number of hydrogen-bond donors (Lipinski definition) is 1. The molecule has 1 heterocycles. The van der Waals surface area contributed by atoms with E-state index in [2.05, 4.69) is 9.97 Å². The fourth-order valence-corrected chi connectivity index (χ4v) is 2.03. The number of aromatic nitrogens is 2. The Morgan fingerprint density at radius 1 is 1.28 bits per heavy atom. The second-order valence-electron chi connectivity index (χ2n) is 4.72. The van der Waals surface area contributed by atoms with Gasteiger partial charge < -0.3 is 5.73 Å². The second-order valence-corrected chi connectivity index (χ2v) is 4.72. The van der Waals surface area contributed by atoms with E-state index in [1.54, 1.807) is 19.1 Å². The Labute approximate surface area is 105 Å². The zero-order valence-corrected chi connectivity index (χ0v) is 10.2. The Kier molecular flexibility index (Phi) is 2.51. The van der Waals surface area contributed by atoms with Gasteiger partial charge >= 0.3 is 0 Å². The third-order valence-electron chi connectivity index (χ3n) is 3.25. The van der Waals surface area contributed by atoms with Crippen molar-refractivity contribution < 1.29 is 4.39 Å². The number of nitrogens with zero attached hydrogens (tertiary/aromatic N) is 2. The van der Waals surface area contributed by atoms with Gasteiger partial charge in [0.25, 0.3) is 0 Å². The van der Waals surface area contributed by atoms with E-state index in [1.807, 2.05) is 6.07 Å². The summed E-state index contributed by atoms with van der Waals surface area (Å²) in [6.45, 7) is 1.75.